The molecule has 1 N–H and O–H groups in total. The first kappa shape index (κ1) is 18.4. The molecule has 27 heavy (non-hydrogen) atoms. The van der Waals surface area contributed by atoms with E-state index in [0.717, 1.165) is 9.88 Å². The molecule has 1 amide bonds. The summed E-state index contributed by atoms with van der Waals surface area (Å²) < 4.78 is 25.1. The number of nitrogens with one attached hydrogen (secondary N) is 1. The predicted molar refractivity (Wildman–Crippen MR) is 103 cm³/mol. The van der Waals surface area contributed by atoms with Crippen molar-refractivity contribution in [2.24, 2.45) is 0 Å². The van der Waals surface area contributed by atoms with Crippen LogP contribution in [0.1, 0.15) is 21.6 Å². The summed E-state index contributed by atoms with van der Waals surface area (Å²) in [5, 5.41) is 5.28. The van der Waals surface area contributed by atoms with Crippen LogP contribution in [0, 0.1) is 5.82 Å². The fourth-order valence-electron chi connectivity index (χ4n) is 2.76. The van der Waals surface area contributed by atoms with Crippen molar-refractivity contribution >= 4 is 40.2 Å². The lowest BCUT2D eigenvalue weighted by atomic mass is 10.1. The van der Waals surface area contributed by atoms with Crippen molar-refractivity contribution < 1.29 is 18.7 Å². The van der Waals surface area contributed by atoms with E-state index in [1.54, 1.807) is 11.4 Å². The third kappa shape index (κ3) is 4.14. The molecule has 1 aliphatic rings. The SMILES string of the molecule is O=C(NCCc1cc(F)cc2c1OCOC2)c1csc(-c2ccc(Cl)s2)n1. The van der Waals surface area contributed by atoms with Gasteiger partial charge in [0, 0.05) is 17.5 Å². The second-order valence-corrected chi connectivity index (χ2v) is 8.38. The van der Waals surface area contributed by atoms with Crippen LogP contribution in [-0.4, -0.2) is 24.2 Å². The zero-order chi connectivity index (χ0) is 18.8. The number of fused-ring (bicyclic) bond motifs is 1. The Labute approximate surface area is 167 Å². The third-order valence-electron chi connectivity index (χ3n) is 3.95. The number of thiophene rings is 1. The number of hydrogen-bond donors (Lipinski definition) is 1. The number of hydrogen-bond acceptors (Lipinski definition) is 6. The zero-order valence-electron chi connectivity index (χ0n) is 14.0. The van der Waals surface area contributed by atoms with E-state index in [-0.39, 0.29) is 18.5 Å². The molecule has 0 unspecified atom stereocenters. The van der Waals surface area contributed by atoms with Gasteiger partial charge in [-0.25, -0.2) is 9.37 Å². The second-order valence-electron chi connectivity index (χ2n) is 5.81. The van der Waals surface area contributed by atoms with E-state index in [1.165, 1.54) is 34.8 Å². The number of ether oxygens (including phenoxy) is 2. The van der Waals surface area contributed by atoms with Crippen LogP contribution >= 0.6 is 34.3 Å². The topological polar surface area (TPSA) is 60.5 Å². The van der Waals surface area contributed by atoms with Crippen LogP contribution in [0.3, 0.4) is 0 Å². The number of amides is 1. The van der Waals surface area contributed by atoms with E-state index >= 15 is 0 Å². The first-order valence-electron chi connectivity index (χ1n) is 8.11. The molecule has 1 aromatic carbocycles. The number of rotatable bonds is 5. The van der Waals surface area contributed by atoms with E-state index in [9.17, 15) is 9.18 Å². The normalized spacial score (nSPS) is 13.1. The van der Waals surface area contributed by atoms with E-state index in [2.05, 4.69) is 10.3 Å². The van der Waals surface area contributed by atoms with Gasteiger partial charge in [-0.15, -0.1) is 22.7 Å². The summed E-state index contributed by atoms with van der Waals surface area (Å²) in [7, 11) is 0. The summed E-state index contributed by atoms with van der Waals surface area (Å²) in [6.07, 6.45) is 0.448. The number of carbonyl (C=O) groups is 1. The van der Waals surface area contributed by atoms with E-state index in [4.69, 9.17) is 21.1 Å². The van der Waals surface area contributed by atoms with Gasteiger partial charge >= 0.3 is 0 Å². The lowest BCUT2D eigenvalue weighted by molar-refractivity contribution is -0.0172. The van der Waals surface area contributed by atoms with Crippen LogP contribution in [0.2, 0.25) is 4.34 Å². The average molecular weight is 425 g/mol. The van der Waals surface area contributed by atoms with Gasteiger partial charge < -0.3 is 14.8 Å². The van der Waals surface area contributed by atoms with Gasteiger partial charge in [0.25, 0.3) is 5.91 Å². The maximum absolute atomic E-state index is 13.8. The summed E-state index contributed by atoms with van der Waals surface area (Å²) in [5.74, 6) is 0.0278. The highest BCUT2D eigenvalue weighted by Crippen LogP contribution is 2.33. The Morgan fingerprint density at radius 3 is 3.07 bits per heavy atom. The Balaban J connectivity index is 1.39. The molecule has 0 fully saturated rings. The largest absolute Gasteiger partial charge is 0.467 e. The maximum Gasteiger partial charge on any atom is 0.270 e. The second kappa shape index (κ2) is 7.93. The molecule has 0 spiro atoms. The Morgan fingerprint density at radius 2 is 2.26 bits per heavy atom. The van der Waals surface area contributed by atoms with Crippen molar-refractivity contribution in [3.8, 4) is 15.6 Å². The molecule has 140 valence electrons. The molecule has 5 nitrogen and oxygen atoms in total. The smallest absolute Gasteiger partial charge is 0.270 e. The van der Waals surface area contributed by atoms with Gasteiger partial charge in [0.15, 0.2) is 6.79 Å². The first-order valence-corrected chi connectivity index (χ1v) is 10.2. The number of thiazole rings is 1. The van der Waals surface area contributed by atoms with Crippen LogP contribution < -0.4 is 10.1 Å². The van der Waals surface area contributed by atoms with Gasteiger partial charge in [0.1, 0.15) is 22.3 Å². The predicted octanol–water partition coefficient (Wildman–Crippen LogP) is 4.50. The molecule has 2 aromatic heterocycles. The minimum atomic E-state index is -0.345. The Kier molecular flexibility index (Phi) is 5.40. The fraction of sp³-hybridized carbons (Fsp3) is 0.222. The maximum atomic E-state index is 13.8. The van der Waals surface area contributed by atoms with Gasteiger partial charge in [-0.3, -0.25) is 4.79 Å². The number of aromatic nitrogens is 1. The van der Waals surface area contributed by atoms with Crippen LogP contribution in [0.15, 0.2) is 29.6 Å². The molecule has 0 radical (unpaired) electrons. The van der Waals surface area contributed by atoms with Crippen molar-refractivity contribution in [2.45, 2.75) is 13.0 Å². The summed E-state index contributed by atoms with van der Waals surface area (Å²) in [6, 6.07) is 6.52. The Morgan fingerprint density at radius 1 is 1.37 bits per heavy atom. The quantitative estimate of drug-likeness (QED) is 0.655. The van der Waals surface area contributed by atoms with E-state index in [0.29, 0.717) is 46.5 Å². The number of nitrogens with zero attached hydrogens (tertiary/aromatic N) is 1. The molecule has 1 aliphatic heterocycles. The van der Waals surface area contributed by atoms with Gasteiger partial charge in [-0.1, -0.05) is 11.6 Å². The molecule has 4 rings (SSSR count). The number of carbonyl (C=O) groups excluding carboxylic acids is 1. The van der Waals surface area contributed by atoms with E-state index in [1.807, 2.05) is 6.07 Å². The molecule has 0 atom stereocenters. The minimum Gasteiger partial charge on any atom is -0.467 e. The average Bonchev–Trinajstić information content (AvgIpc) is 3.30. The molecule has 0 bridgehead atoms. The van der Waals surface area contributed by atoms with Crippen molar-refractivity contribution in [2.75, 3.05) is 13.3 Å². The lowest BCUT2D eigenvalue weighted by Gasteiger charge is -2.20. The molecule has 3 heterocycles. The Hall–Kier alpha value is -2.00. The molecule has 0 saturated heterocycles. The van der Waals surface area contributed by atoms with Crippen molar-refractivity contribution in [3.63, 3.8) is 0 Å². The Bertz CT molecular complexity index is 989. The number of halogens is 2. The van der Waals surface area contributed by atoms with Gasteiger partial charge in [-0.2, -0.15) is 0 Å². The van der Waals surface area contributed by atoms with Gasteiger partial charge in [-0.05, 0) is 36.2 Å². The molecular formula is C18H14ClFN2O3S2. The van der Waals surface area contributed by atoms with Crippen LogP contribution in [-0.2, 0) is 17.8 Å². The third-order valence-corrected chi connectivity index (χ3v) is 6.20. The van der Waals surface area contributed by atoms with E-state index < -0.39 is 0 Å². The zero-order valence-corrected chi connectivity index (χ0v) is 16.3. The van der Waals surface area contributed by atoms with Crippen LogP contribution in [0.25, 0.3) is 9.88 Å². The standard InChI is InChI=1S/C18H14ClFN2O3S2/c19-15-2-1-14(27-15)18-22-13(8-26-18)17(23)21-4-3-10-5-12(20)6-11-7-24-9-25-16(10)11/h1-2,5-6,8H,3-4,7,9H2,(H,21,23). The summed E-state index contributed by atoms with van der Waals surface area (Å²) >= 11 is 8.75. The fourth-order valence-corrected chi connectivity index (χ4v) is 4.68. The lowest BCUT2D eigenvalue weighted by Crippen LogP contribution is -2.26. The van der Waals surface area contributed by atoms with Gasteiger partial charge in [0.2, 0.25) is 0 Å². The summed E-state index contributed by atoms with van der Waals surface area (Å²) in [4.78, 5) is 17.6. The molecular weight excluding hydrogens is 411 g/mol. The first-order chi connectivity index (χ1) is 13.1. The monoisotopic (exact) mass is 424 g/mol. The minimum absolute atomic E-state index is 0.145. The number of benzene rings is 1. The molecule has 0 aliphatic carbocycles. The van der Waals surface area contributed by atoms with Crippen molar-refractivity contribution in [1.82, 2.24) is 10.3 Å². The summed E-state index contributed by atoms with van der Waals surface area (Å²) in [5.41, 5.74) is 1.74. The highest BCUT2D eigenvalue weighted by Gasteiger charge is 2.18. The van der Waals surface area contributed by atoms with Crippen LogP contribution in [0.5, 0.6) is 5.75 Å². The van der Waals surface area contributed by atoms with Crippen molar-refractivity contribution in [3.05, 3.63) is 56.6 Å². The molecule has 3 aromatic rings. The summed E-state index contributed by atoms with van der Waals surface area (Å²) in [6.45, 7) is 0.809. The molecule has 0 saturated carbocycles. The van der Waals surface area contributed by atoms with Crippen molar-refractivity contribution in [1.29, 1.82) is 0 Å². The highest BCUT2D eigenvalue weighted by molar-refractivity contribution is 7.23. The van der Waals surface area contributed by atoms with Crippen LogP contribution in [0.4, 0.5) is 4.39 Å². The molecule has 9 heteroatoms. The van der Waals surface area contributed by atoms with Gasteiger partial charge in [0.05, 0.1) is 15.8 Å². The highest BCUT2D eigenvalue weighted by atomic mass is 35.5.